The van der Waals surface area contributed by atoms with Gasteiger partial charge in [-0.2, -0.15) is 0 Å². The second kappa shape index (κ2) is 10.5. The van der Waals surface area contributed by atoms with Crippen LogP contribution >= 0.6 is 0 Å². The molecule has 3 amide bonds. The molecular weight excluding hydrogens is 360 g/mol. The second-order valence-corrected chi connectivity index (χ2v) is 6.82. The number of carbonyl (C=O) groups is 3. The largest absolute Gasteiger partial charge is 0.465 e. The van der Waals surface area contributed by atoms with Crippen LogP contribution in [0, 0.1) is 0 Å². The van der Waals surface area contributed by atoms with Crippen LogP contribution in [0.5, 0.6) is 0 Å². The molecule has 1 atom stereocenters. The summed E-state index contributed by atoms with van der Waals surface area (Å²) in [4.78, 5) is 38.3. The number of carbonyl (C=O) groups excluding carboxylic acids is 3. The lowest BCUT2D eigenvalue weighted by Crippen LogP contribution is -2.35. The van der Waals surface area contributed by atoms with E-state index < -0.39 is 12.0 Å². The minimum absolute atomic E-state index is 0.0587. The summed E-state index contributed by atoms with van der Waals surface area (Å²) >= 11 is 0. The molecule has 1 fully saturated rings. The van der Waals surface area contributed by atoms with Crippen LogP contribution in [0.1, 0.15) is 50.4 Å². The number of nitrogens with one attached hydrogen (secondary N) is 3. The number of esters is 1. The lowest BCUT2D eigenvalue weighted by Gasteiger charge is -2.23. The summed E-state index contributed by atoms with van der Waals surface area (Å²) in [6.07, 6.45) is 3.03. The van der Waals surface area contributed by atoms with Gasteiger partial charge in [0.2, 0.25) is 0 Å². The third-order valence-corrected chi connectivity index (χ3v) is 4.63. The normalized spacial score (nSPS) is 14.3. The maximum absolute atomic E-state index is 12.8. The van der Waals surface area contributed by atoms with Crippen LogP contribution in [0.15, 0.2) is 18.2 Å². The van der Waals surface area contributed by atoms with Crippen LogP contribution in [0.3, 0.4) is 0 Å². The number of anilines is 2. The average Bonchev–Trinajstić information content (AvgIpc) is 3.21. The van der Waals surface area contributed by atoms with E-state index in [1.165, 1.54) is 0 Å². The summed E-state index contributed by atoms with van der Waals surface area (Å²) in [5.74, 6) is -0.664. The van der Waals surface area contributed by atoms with Crippen molar-refractivity contribution in [2.24, 2.45) is 0 Å². The standard InChI is InChI=1S/C20H30N4O4/c1-4-14(3)22-19(26)16-12-15(8-9-17(16)24-10-6-7-11-24)23-20(27)21-13-18(25)28-5-2/h8-9,12,14H,4-7,10-11,13H2,1-3H3,(H,22,26)(H2,21,23,27)/t14-/m0/s1. The van der Waals surface area contributed by atoms with E-state index in [-0.39, 0.29) is 25.1 Å². The minimum atomic E-state index is -0.532. The van der Waals surface area contributed by atoms with Crippen LogP contribution < -0.4 is 20.9 Å². The molecule has 2 rings (SSSR count). The van der Waals surface area contributed by atoms with Crippen LogP contribution in [0.25, 0.3) is 0 Å². The Balaban J connectivity index is 2.12. The molecule has 0 spiro atoms. The number of nitrogens with zero attached hydrogens (tertiary/aromatic N) is 1. The monoisotopic (exact) mass is 390 g/mol. The highest BCUT2D eigenvalue weighted by atomic mass is 16.5. The first kappa shape index (κ1) is 21.5. The average molecular weight is 390 g/mol. The molecule has 28 heavy (non-hydrogen) atoms. The number of ether oxygens (including phenoxy) is 1. The van der Waals surface area contributed by atoms with Crippen molar-refractivity contribution in [1.82, 2.24) is 10.6 Å². The van der Waals surface area contributed by atoms with E-state index in [0.717, 1.165) is 38.0 Å². The van der Waals surface area contributed by atoms with Crippen molar-refractivity contribution in [3.05, 3.63) is 23.8 Å². The smallest absolute Gasteiger partial charge is 0.325 e. The van der Waals surface area contributed by atoms with Gasteiger partial charge < -0.3 is 25.6 Å². The number of benzene rings is 1. The summed E-state index contributed by atoms with van der Waals surface area (Å²) in [6, 6.07) is 4.82. The predicted octanol–water partition coefficient (Wildman–Crippen LogP) is 2.50. The van der Waals surface area contributed by atoms with Crippen molar-refractivity contribution in [2.75, 3.05) is 36.5 Å². The molecule has 0 aromatic heterocycles. The van der Waals surface area contributed by atoms with Gasteiger partial charge in [-0.25, -0.2) is 4.79 Å². The topological polar surface area (TPSA) is 99.8 Å². The minimum Gasteiger partial charge on any atom is -0.465 e. The fourth-order valence-corrected chi connectivity index (χ4v) is 2.97. The van der Waals surface area contributed by atoms with E-state index >= 15 is 0 Å². The molecular formula is C20H30N4O4. The molecule has 1 aliphatic heterocycles. The van der Waals surface area contributed by atoms with Gasteiger partial charge in [-0.15, -0.1) is 0 Å². The van der Waals surface area contributed by atoms with Gasteiger partial charge in [0.1, 0.15) is 6.54 Å². The Kier molecular flexibility index (Phi) is 8.10. The molecule has 8 nitrogen and oxygen atoms in total. The highest BCUT2D eigenvalue weighted by Crippen LogP contribution is 2.27. The molecule has 0 radical (unpaired) electrons. The molecule has 0 saturated carbocycles. The molecule has 1 aromatic rings. The first-order chi connectivity index (χ1) is 13.4. The highest BCUT2D eigenvalue weighted by Gasteiger charge is 2.21. The summed E-state index contributed by atoms with van der Waals surface area (Å²) in [6.45, 7) is 7.54. The van der Waals surface area contributed by atoms with Crippen LogP contribution in [-0.4, -0.2) is 50.2 Å². The zero-order valence-corrected chi connectivity index (χ0v) is 16.8. The van der Waals surface area contributed by atoms with Crippen molar-refractivity contribution in [1.29, 1.82) is 0 Å². The number of amides is 3. The van der Waals surface area contributed by atoms with Gasteiger partial charge in [-0.1, -0.05) is 6.92 Å². The van der Waals surface area contributed by atoms with Gasteiger partial charge in [0.15, 0.2) is 0 Å². The molecule has 3 N–H and O–H groups in total. The third-order valence-electron chi connectivity index (χ3n) is 4.63. The Hall–Kier alpha value is -2.77. The van der Waals surface area contributed by atoms with Gasteiger partial charge in [-0.05, 0) is 51.3 Å². The van der Waals surface area contributed by atoms with Crippen molar-refractivity contribution in [3.8, 4) is 0 Å². The van der Waals surface area contributed by atoms with Gasteiger partial charge in [0, 0.05) is 30.5 Å². The fraction of sp³-hybridized carbons (Fsp3) is 0.550. The van der Waals surface area contributed by atoms with E-state index in [9.17, 15) is 14.4 Å². The van der Waals surface area contributed by atoms with Crippen LogP contribution in [0.2, 0.25) is 0 Å². The molecule has 1 aromatic carbocycles. The maximum atomic E-state index is 12.8. The number of urea groups is 1. The molecule has 0 aliphatic carbocycles. The summed E-state index contributed by atoms with van der Waals surface area (Å²) < 4.78 is 4.77. The quantitative estimate of drug-likeness (QED) is 0.592. The first-order valence-electron chi connectivity index (χ1n) is 9.84. The van der Waals surface area contributed by atoms with E-state index in [1.54, 1.807) is 19.1 Å². The first-order valence-corrected chi connectivity index (χ1v) is 9.84. The van der Waals surface area contributed by atoms with E-state index in [1.807, 2.05) is 19.9 Å². The zero-order valence-electron chi connectivity index (χ0n) is 16.8. The fourth-order valence-electron chi connectivity index (χ4n) is 2.97. The molecule has 8 heteroatoms. The Labute approximate surface area is 166 Å². The Morgan fingerprint density at radius 3 is 2.54 bits per heavy atom. The predicted molar refractivity (Wildman–Crippen MR) is 109 cm³/mol. The van der Waals surface area contributed by atoms with Gasteiger partial charge in [0.05, 0.1) is 12.2 Å². The lowest BCUT2D eigenvalue weighted by molar-refractivity contribution is -0.141. The Bertz CT molecular complexity index is 701. The molecule has 0 unspecified atom stereocenters. The third kappa shape index (κ3) is 6.14. The Morgan fingerprint density at radius 1 is 1.18 bits per heavy atom. The van der Waals surface area contributed by atoms with E-state index in [4.69, 9.17) is 4.74 Å². The molecule has 0 bridgehead atoms. The molecule has 1 aliphatic rings. The van der Waals surface area contributed by atoms with Crippen molar-refractivity contribution >= 4 is 29.3 Å². The van der Waals surface area contributed by atoms with Crippen molar-refractivity contribution in [3.63, 3.8) is 0 Å². The van der Waals surface area contributed by atoms with Crippen molar-refractivity contribution < 1.29 is 19.1 Å². The maximum Gasteiger partial charge on any atom is 0.325 e. The van der Waals surface area contributed by atoms with Crippen LogP contribution in [0.4, 0.5) is 16.2 Å². The highest BCUT2D eigenvalue weighted by molar-refractivity contribution is 6.02. The van der Waals surface area contributed by atoms with Gasteiger partial charge in [0.25, 0.3) is 5.91 Å². The van der Waals surface area contributed by atoms with Crippen molar-refractivity contribution in [2.45, 2.75) is 46.1 Å². The SMILES string of the molecule is CCOC(=O)CNC(=O)Nc1ccc(N2CCCC2)c(C(=O)N[C@@H](C)CC)c1. The van der Waals surface area contributed by atoms with E-state index in [2.05, 4.69) is 20.9 Å². The number of hydrogen-bond donors (Lipinski definition) is 3. The lowest BCUT2D eigenvalue weighted by atomic mass is 10.1. The van der Waals surface area contributed by atoms with Gasteiger partial charge in [-0.3, -0.25) is 9.59 Å². The molecule has 1 saturated heterocycles. The van der Waals surface area contributed by atoms with Gasteiger partial charge >= 0.3 is 12.0 Å². The van der Waals surface area contributed by atoms with Crippen LogP contribution in [-0.2, 0) is 9.53 Å². The second-order valence-electron chi connectivity index (χ2n) is 6.82. The van der Waals surface area contributed by atoms with E-state index in [0.29, 0.717) is 11.3 Å². The molecule has 154 valence electrons. The summed E-state index contributed by atoms with van der Waals surface area (Å²) in [5, 5.41) is 8.09. The summed E-state index contributed by atoms with van der Waals surface area (Å²) in [5.41, 5.74) is 1.89. The zero-order chi connectivity index (χ0) is 20.5. The number of rotatable bonds is 8. The summed E-state index contributed by atoms with van der Waals surface area (Å²) in [7, 11) is 0. The molecule has 1 heterocycles. The number of hydrogen-bond acceptors (Lipinski definition) is 5. The Morgan fingerprint density at radius 2 is 1.89 bits per heavy atom.